The van der Waals surface area contributed by atoms with Crippen molar-refractivity contribution < 1.29 is 14.2 Å². The van der Waals surface area contributed by atoms with E-state index in [4.69, 9.17) is 4.74 Å². The summed E-state index contributed by atoms with van der Waals surface area (Å²) >= 11 is 0. The highest BCUT2D eigenvalue weighted by atomic mass is 19.1. The molecule has 0 radical (unpaired) electrons. The Labute approximate surface area is 166 Å². The highest BCUT2D eigenvalue weighted by molar-refractivity contribution is 5.67. The van der Waals surface area contributed by atoms with Crippen LogP contribution in [0.25, 0.3) is 16.9 Å². The van der Waals surface area contributed by atoms with Crippen LogP contribution in [0, 0.1) is 0 Å². The molecule has 9 heteroatoms. The van der Waals surface area contributed by atoms with Gasteiger partial charge in [-0.3, -0.25) is 0 Å². The lowest BCUT2D eigenvalue weighted by atomic mass is 9.84. The SMILES string of the molecule is Oc1cc(-n2ccnc2)ccc1-c1cnc(O[C@@H]2C[C@H]3CCC[C@H](N3)[C@H]2F)nn1. The molecule has 29 heavy (non-hydrogen) atoms. The normalized spacial score (nSPS) is 26.2. The third kappa shape index (κ3) is 3.53. The standard InChI is InChI=1S/C20H21FN6O2/c21-19-15-3-1-2-12(24-15)8-18(19)29-20-23-10-16(25-26-20)14-5-4-13(9-17(14)28)27-7-6-22-11-27/h4-7,9-12,15,18-19,24,28H,1-3,8H2/t12-,15+,18-,19-/m1/s1. The summed E-state index contributed by atoms with van der Waals surface area (Å²) in [6.07, 6.45) is 8.42. The molecule has 5 rings (SSSR count). The van der Waals surface area contributed by atoms with Gasteiger partial charge in [0, 0.05) is 42.5 Å². The van der Waals surface area contributed by atoms with E-state index >= 15 is 0 Å². The summed E-state index contributed by atoms with van der Waals surface area (Å²) in [6.45, 7) is 0. The van der Waals surface area contributed by atoms with Crippen molar-refractivity contribution in [2.45, 2.75) is 50.0 Å². The number of ether oxygens (including phenoxy) is 1. The third-order valence-corrected chi connectivity index (χ3v) is 5.63. The summed E-state index contributed by atoms with van der Waals surface area (Å²) in [7, 11) is 0. The Bertz CT molecular complexity index is 981. The Morgan fingerprint density at radius 1 is 1.24 bits per heavy atom. The molecule has 0 spiro atoms. The Balaban J connectivity index is 1.31. The van der Waals surface area contributed by atoms with E-state index in [0.717, 1.165) is 24.9 Å². The molecule has 150 valence electrons. The molecule has 0 aliphatic carbocycles. The largest absolute Gasteiger partial charge is 0.507 e. The fourth-order valence-corrected chi connectivity index (χ4v) is 4.16. The van der Waals surface area contributed by atoms with Crippen molar-refractivity contribution >= 4 is 0 Å². The van der Waals surface area contributed by atoms with Crippen molar-refractivity contribution in [2.24, 2.45) is 0 Å². The maximum atomic E-state index is 14.7. The van der Waals surface area contributed by atoms with Gasteiger partial charge in [-0.2, -0.15) is 0 Å². The number of phenols is 1. The van der Waals surface area contributed by atoms with Gasteiger partial charge in [-0.05, 0) is 25.0 Å². The topological polar surface area (TPSA) is 98.0 Å². The molecule has 4 atom stereocenters. The van der Waals surface area contributed by atoms with E-state index in [-0.39, 0.29) is 23.8 Å². The first-order chi connectivity index (χ1) is 14.2. The van der Waals surface area contributed by atoms with Crippen LogP contribution in [-0.4, -0.2) is 54.2 Å². The maximum Gasteiger partial charge on any atom is 0.336 e. The van der Waals surface area contributed by atoms with Crippen LogP contribution in [0.4, 0.5) is 4.39 Å². The van der Waals surface area contributed by atoms with E-state index in [1.807, 2.05) is 6.07 Å². The molecule has 2 saturated heterocycles. The van der Waals surface area contributed by atoms with Gasteiger partial charge in [0.15, 0.2) is 6.17 Å². The number of phenolic OH excluding ortho intramolecular Hbond substituents is 1. The van der Waals surface area contributed by atoms with Crippen molar-refractivity contribution in [3.63, 3.8) is 0 Å². The van der Waals surface area contributed by atoms with Gasteiger partial charge >= 0.3 is 6.01 Å². The number of piperidine rings is 2. The highest BCUT2D eigenvalue weighted by Crippen LogP contribution is 2.31. The highest BCUT2D eigenvalue weighted by Gasteiger charge is 2.41. The van der Waals surface area contributed by atoms with Crippen LogP contribution in [0.3, 0.4) is 0 Å². The quantitative estimate of drug-likeness (QED) is 0.699. The lowest BCUT2D eigenvalue weighted by Gasteiger charge is -2.42. The van der Waals surface area contributed by atoms with Crippen LogP contribution in [-0.2, 0) is 0 Å². The van der Waals surface area contributed by atoms with Crippen molar-refractivity contribution in [3.8, 4) is 28.7 Å². The van der Waals surface area contributed by atoms with E-state index in [1.54, 1.807) is 35.4 Å². The molecule has 0 saturated carbocycles. The summed E-state index contributed by atoms with van der Waals surface area (Å²) in [4.78, 5) is 8.18. The average molecular weight is 396 g/mol. The Hall–Kier alpha value is -3.07. The first-order valence-corrected chi connectivity index (χ1v) is 9.75. The van der Waals surface area contributed by atoms with E-state index < -0.39 is 12.3 Å². The monoisotopic (exact) mass is 396 g/mol. The minimum Gasteiger partial charge on any atom is -0.507 e. The Kier molecular flexibility index (Phi) is 4.59. The van der Waals surface area contributed by atoms with Crippen LogP contribution < -0.4 is 10.1 Å². The summed E-state index contributed by atoms with van der Waals surface area (Å²) < 4.78 is 22.2. The summed E-state index contributed by atoms with van der Waals surface area (Å²) in [6, 6.07) is 5.36. The molecule has 0 amide bonds. The van der Waals surface area contributed by atoms with Gasteiger partial charge in [0.25, 0.3) is 0 Å². The zero-order chi connectivity index (χ0) is 19.8. The van der Waals surface area contributed by atoms with Gasteiger partial charge in [-0.25, -0.2) is 14.4 Å². The lowest BCUT2D eigenvalue weighted by molar-refractivity contribution is 0.00387. The van der Waals surface area contributed by atoms with Crippen LogP contribution in [0.2, 0.25) is 0 Å². The number of fused-ring (bicyclic) bond motifs is 2. The molecular weight excluding hydrogens is 375 g/mol. The first-order valence-electron chi connectivity index (χ1n) is 9.75. The number of nitrogens with one attached hydrogen (secondary N) is 1. The molecule has 2 aromatic heterocycles. The van der Waals surface area contributed by atoms with Gasteiger partial charge in [-0.1, -0.05) is 11.5 Å². The van der Waals surface area contributed by atoms with Crippen LogP contribution in [0.15, 0.2) is 43.1 Å². The number of nitrogens with zero attached hydrogens (tertiary/aromatic N) is 5. The lowest BCUT2D eigenvalue weighted by Crippen LogP contribution is -2.59. The number of aromatic nitrogens is 5. The Morgan fingerprint density at radius 3 is 2.93 bits per heavy atom. The summed E-state index contributed by atoms with van der Waals surface area (Å²) in [5.74, 6) is 0.0518. The molecule has 2 bridgehead atoms. The molecule has 8 nitrogen and oxygen atoms in total. The van der Waals surface area contributed by atoms with Crippen LogP contribution >= 0.6 is 0 Å². The number of alkyl halides is 1. The summed E-state index contributed by atoms with van der Waals surface area (Å²) in [5.41, 5.74) is 1.68. The number of halogens is 1. The molecule has 2 N–H and O–H groups in total. The van der Waals surface area contributed by atoms with E-state index in [0.29, 0.717) is 17.7 Å². The van der Waals surface area contributed by atoms with Crippen LogP contribution in [0.5, 0.6) is 11.8 Å². The minimum absolute atomic E-state index is 0.0518. The fourth-order valence-electron chi connectivity index (χ4n) is 4.16. The van der Waals surface area contributed by atoms with E-state index in [9.17, 15) is 9.50 Å². The molecule has 2 aliphatic heterocycles. The second-order valence-electron chi connectivity index (χ2n) is 7.53. The molecule has 4 heterocycles. The average Bonchev–Trinajstić information content (AvgIpc) is 3.28. The number of imidazole rings is 1. The zero-order valence-corrected chi connectivity index (χ0v) is 15.6. The first kappa shape index (κ1) is 18.0. The number of hydrogen-bond donors (Lipinski definition) is 2. The third-order valence-electron chi connectivity index (χ3n) is 5.63. The molecule has 0 unspecified atom stereocenters. The van der Waals surface area contributed by atoms with Crippen molar-refractivity contribution in [1.29, 1.82) is 0 Å². The van der Waals surface area contributed by atoms with Gasteiger partial charge < -0.3 is 19.7 Å². The predicted molar refractivity (Wildman–Crippen MR) is 103 cm³/mol. The van der Waals surface area contributed by atoms with Crippen molar-refractivity contribution in [3.05, 3.63) is 43.1 Å². The smallest absolute Gasteiger partial charge is 0.336 e. The van der Waals surface area contributed by atoms with Gasteiger partial charge in [0.2, 0.25) is 0 Å². The summed E-state index contributed by atoms with van der Waals surface area (Å²) in [5, 5.41) is 21.8. The number of aromatic hydroxyl groups is 1. The second kappa shape index (κ2) is 7.40. The van der Waals surface area contributed by atoms with Gasteiger partial charge in [-0.15, -0.1) is 5.10 Å². The van der Waals surface area contributed by atoms with Crippen LogP contribution in [0.1, 0.15) is 25.7 Å². The van der Waals surface area contributed by atoms with Crippen molar-refractivity contribution in [1.82, 2.24) is 30.0 Å². The maximum absolute atomic E-state index is 14.7. The fraction of sp³-hybridized carbons (Fsp3) is 0.400. The number of rotatable bonds is 4. The molecular formula is C20H21FN6O2. The van der Waals surface area contributed by atoms with Gasteiger partial charge in [0.05, 0.1) is 18.2 Å². The van der Waals surface area contributed by atoms with Crippen molar-refractivity contribution in [2.75, 3.05) is 0 Å². The second-order valence-corrected chi connectivity index (χ2v) is 7.53. The molecule has 3 aromatic rings. The zero-order valence-electron chi connectivity index (χ0n) is 15.6. The number of hydrogen-bond acceptors (Lipinski definition) is 7. The Morgan fingerprint density at radius 2 is 2.17 bits per heavy atom. The van der Waals surface area contributed by atoms with Gasteiger partial charge in [0.1, 0.15) is 17.5 Å². The molecule has 2 fully saturated rings. The predicted octanol–water partition coefficient (Wildman–Crippen LogP) is 2.43. The molecule has 2 aliphatic rings. The van der Waals surface area contributed by atoms with E-state index in [1.165, 1.54) is 6.20 Å². The number of benzene rings is 1. The molecule has 1 aromatic carbocycles. The van der Waals surface area contributed by atoms with E-state index in [2.05, 4.69) is 25.5 Å². The minimum atomic E-state index is -1.09.